The Morgan fingerprint density at radius 2 is 1.94 bits per heavy atom. The zero-order valence-electron chi connectivity index (χ0n) is 10.6. The maximum atomic E-state index is 11.8. The third kappa shape index (κ3) is 3.26. The molecule has 0 saturated heterocycles. The first-order valence-electron chi connectivity index (χ1n) is 5.62. The van der Waals surface area contributed by atoms with Crippen LogP contribution in [0.1, 0.15) is 26.3 Å². The molecule has 0 atom stereocenters. The molecule has 0 aliphatic carbocycles. The van der Waals surface area contributed by atoms with Gasteiger partial charge in [-0.2, -0.15) is 10.1 Å². The molecular weight excluding hydrogens is 248 g/mol. The molecule has 4 nitrogen and oxygen atoms in total. The van der Waals surface area contributed by atoms with Crippen LogP contribution in [0.2, 0.25) is 0 Å². The number of nitrogens with zero attached hydrogens (tertiary/aromatic N) is 2. The van der Waals surface area contributed by atoms with Crippen molar-refractivity contribution in [1.29, 1.82) is 0 Å². The van der Waals surface area contributed by atoms with Gasteiger partial charge in [0.15, 0.2) is 0 Å². The summed E-state index contributed by atoms with van der Waals surface area (Å²) >= 11 is 1.41. The van der Waals surface area contributed by atoms with Crippen molar-refractivity contribution in [3.05, 3.63) is 41.8 Å². The second kappa shape index (κ2) is 5.02. The number of thioether (sulfide) groups is 1. The Kier molecular flexibility index (Phi) is 3.61. The zero-order valence-corrected chi connectivity index (χ0v) is 11.4. The van der Waals surface area contributed by atoms with E-state index in [1.165, 1.54) is 16.8 Å². The van der Waals surface area contributed by atoms with Gasteiger partial charge in [-0.1, -0.05) is 42.1 Å². The molecule has 1 radical (unpaired) electrons. The molecule has 0 unspecified atom stereocenters. The summed E-state index contributed by atoms with van der Waals surface area (Å²) in [5.74, 6) is 1.65. The summed E-state index contributed by atoms with van der Waals surface area (Å²) in [6.07, 6.45) is -0.457. The number of hydrogen-bond acceptors (Lipinski definition) is 4. The highest BCUT2D eigenvalue weighted by molar-refractivity contribution is 8.16. The second-order valence-electron chi connectivity index (χ2n) is 4.82. The van der Waals surface area contributed by atoms with Gasteiger partial charge in [0, 0.05) is 5.56 Å². The van der Waals surface area contributed by atoms with E-state index in [0.717, 1.165) is 10.6 Å². The number of ether oxygens (including phenoxy) is 1. The smallest absolute Gasteiger partial charge is 0.432 e. The van der Waals surface area contributed by atoms with Gasteiger partial charge in [-0.05, 0) is 20.8 Å². The summed E-state index contributed by atoms with van der Waals surface area (Å²) in [5.41, 5.74) is 0.477. The van der Waals surface area contributed by atoms with Crippen molar-refractivity contribution in [1.82, 2.24) is 5.01 Å². The summed E-state index contributed by atoms with van der Waals surface area (Å²) in [5, 5.41) is 6.25. The SMILES string of the molecule is CC(C)(C)OC(=O)N1[CH]SC(c2ccccc2)=N1. The van der Waals surface area contributed by atoms with E-state index >= 15 is 0 Å². The molecule has 0 saturated carbocycles. The van der Waals surface area contributed by atoms with Gasteiger partial charge in [-0.25, -0.2) is 4.79 Å². The molecule has 2 rings (SSSR count). The number of benzene rings is 1. The fourth-order valence-corrected chi connectivity index (χ4v) is 2.08. The predicted octanol–water partition coefficient (Wildman–Crippen LogP) is 3.45. The molecule has 1 aromatic rings. The summed E-state index contributed by atoms with van der Waals surface area (Å²) in [6, 6.07) is 9.73. The summed E-state index contributed by atoms with van der Waals surface area (Å²) < 4.78 is 5.24. The number of hydrogen-bond donors (Lipinski definition) is 0. The van der Waals surface area contributed by atoms with Crippen molar-refractivity contribution in [3.63, 3.8) is 0 Å². The van der Waals surface area contributed by atoms with Crippen LogP contribution in [0.5, 0.6) is 0 Å². The maximum Gasteiger partial charge on any atom is 0.432 e. The monoisotopic (exact) mass is 263 g/mol. The Labute approximate surface area is 111 Å². The fraction of sp³-hybridized carbons (Fsp3) is 0.308. The number of carbonyl (C=O) groups excluding carboxylic acids is 1. The Balaban J connectivity index is 2.07. The molecule has 0 N–H and O–H groups in total. The van der Waals surface area contributed by atoms with Crippen LogP contribution < -0.4 is 0 Å². The van der Waals surface area contributed by atoms with Crippen molar-refractivity contribution in [2.24, 2.45) is 5.10 Å². The minimum atomic E-state index is -0.513. The van der Waals surface area contributed by atoms with Gasteiger partial charge in [-0.15, -0.1) is 0 Å². The third-order valence-corrected chi connectivity index (χ3v) is 2.91. The van der Waals surface area contributed by atoms with Gasteiger partial charge < -0.3 is 4.74 Å². The quantitative estimate of drug-likeness (QED) is 0.779. The van der Waals surface area contributed by atoms with Crippen LogP contribution in [-0.4, -0.2) is 21.7 Å². The van der Waals surface area contributed by atoms with Crippen LogP contribution in [-0.2, 0) is 4.74 Å². The number of rotatable bonds is 1. The highest BCUT2D eigenvalue weighted by atomic mass is 32.2. The second-order valence-corrected chi connectivity index (χ2v) is 5.65. The molecule has 0 fully saturated rings. The lowest BCUT2D eigenvalue weighted by Crippen LogP contribution is -2.30. The molecule has 0 aromatic heterocycles. The Hall–Kier alpha value is -1.49. The molecule has 5 heteroatoms. The molecule has 1 aliphatic rings. The van der Waals surface area contributed by atoms with Gasteiger partial charge in [0.25, 0.3) is 0 Å². The molecule has 18 heavy (non-hydrogen) atoms. The average molecular weight is 263 g/mol. The van der Waals surface area contributed by atoms with Crippen LogP contribution in [0.4, 0.5) is 4.79 Å². The highest BCUT2D eigenvalue weighted by Gasteiger charge is 2.27. The lowest BCUT2D eigenvalue weighted by molar-refractivity contribution is 0.0330. The summed E-state index contributed by atoms with van der Waals surface area (Å²) in [7, 11) is 0. The molecule has 0 bridgehead atoms. The van der Waals surface area contributed by atoms with E-state index in [2.05, 4.69) is 5.10 Å². The van der Waals surface area contributed by atoms with Crippen LogP contribution >= 0.6 is 11.8 Å². The van der Waals surface area contributed by atoms with Gasteiger partial charge in [0.2, 0.25) is 0 Å². The van der Waals surface area contributed by atoms with Gasteiger partial charge >= 0.3 is 6.09 Å². The largest absolute Gasteiger partial charge is 0.442 e. The van der Waals surface area contributed by atoms with Gasteiger partial charge in [0.1, 0.15) is 16.5 Å². The van der Waals surface area contributed by atoms with Crippen molar-refractivity contribution in [2.45, 2.75) is 26.4 Å². The topological polar surface area (TPSA) is 41.9 Å². The first kappa shape index (κ1) is 13.0. The van der Waals surface area contributed by atoms with Crippen molar-refractivity contribution < 1.29 is 9.53 Å². The Morgan fingerprint density at radius 3 is 2.56 bits per heavy atom. The number of hydrazone groups is 1. The van der Waals surface area contributed by atoms with Crippen molar-refractivity contribution in [3.8, 4) is 0 Å². The van der Waals surface area contributed by atoms with Crippen molar-refractivity contribution >= 4 is 22.9 Å². The first-order valence-corrected chi connectivity index (χ1v) is 6.50. The van der Waals surface area contributed by atoms with Gasteiger partial charge in [0.05, 0.1) is 0 Å². The molecular formula is C13H15N2O2S. The molecule has 0 spiro atoms. The Morgan fingerprint density at radius 1 is 1.28 bits per heavy atom. The molecule has 1 aromatic carbocycles. The van der Waals surface area contributed by atoms with Crippen LogP contribution in [0, 0.1) is 5.88 Å². The van der Waals surface area contributed by atoms with E-state index in [1.807, 2.05) is 51.1 Å². The number of carbonyl (C=O) groups is 1. The lowest BCUT2D eigenvalue weighted by atomic mass is 10.2. The highest BCUT2D eigenvalue weighted by Crippen LogP contribution is 2.27. The predicted molar refractivity (Wildman–Crippen MR) is 72.9 cm³/mol. The van der Waals surface area contributed by atoms with Crippen LogP contribution in [0.15, 0.2) is 35.4 Å². The van der Waals surface area contributed by atoms with E-state index in [1.54, 1.807) is 5.88 Å². The fourth-order valence-electron chi connectivity index (χ4n) is 1.34. The van der Waals surface area contributed by atoms with Gasteiger partial charge in [-0.3, -0.25) is 0 Å². The summed E-state index contributed by atoms with van der Waals surface area (Å²) in [6.45, 7) is 5.49. The molecule has 95 valence electrons. The minimum Gasteiger partial charge on any atom is -0.442 e. The molecule has 1 amide bonds. The third-order valence-electron chi connectivity index (χ3n) is 2.06. The average Bonchev–Trinajstić information content (AvgIpc) is 2.77. The Bertz CT molecular complexity index is 466. The normalized spacial score (nSPS) is 15.5. The first-order chi connectivity index (χ1) is 8.46. The van der Waals surface area contributed by atoms with Crippen molar-refractivity contribution in [2.75, 3.05) is 0 Å². The molecule has 1 heterocycles. The van der Waals surface area contributed by atoms with E-state index in [-0.39, 0.29) is 0 Å². The number of amides is 1. The van der Waals surface area contributed by atoms with E-state index in [9.17, 15) is 4.79 Å². The van der Waals surface area contributed by atoms with Crippen LogP contribution in [0.3, 0.4) is 0 Å². The van der Waals surface area contributed by atoms with Crippen LogP contribution in [0.25, 0.3) is 0 Å². The summed E-state index contributed by atoms with van der Waals surface area (Å²) in [4.78, 5) is 11.8. The van der Waals surface area contributed by atoms with E-state index in [0.29, 0.717) is 0 Å². The van der Waals surface area contributed by atoms with E-state index in [4.69, 9.17) is 4.74 Å². The standard InChI is InChI=1S/C13H15N2O2S/c1-13(2,3)17-12(16)15-9-18-11(14-15)10-7-5-4-6-8-10/h4-9H,1-3H3. The minimum absolute atomic E-state index is 0.457. The van der Waals surface area contributed by atoms with E-state index < -0.39 is 11.7 Å². The maximum absolute atomic E-state index is 11.8. The lowest BCUT2D eigenvalue weighted by Gasteiger charge is -2.21. The zero-order chi connectivity index (χ0) is 13.2. The molecule has 1 aliphatic heterocycles.